The van der Waals surface area contributed by atoms with Crippen LogP contribution in [0, 0.1) is 18.3 Å². The van der Waals surface area contributed by atoms with Gasteiger partial charge >= 0.3 is 0 Å². The zero-order valence-corrected chi connectivity index (χ0v) is 10.4. The van der Waals surface area contributed by atoms with Gasteiger partial charge in [-0.2, -0.15) is 5.26 Å². The Labute approximate surface area is 102 Å². The van der Waals surface area contributed by atoms with Crippen molar-refractivity contribution in [2.24, 2.45) is 0 Å². The molecular weight excluding hydrogens is 212 g/mol. The van der Waals surface area contributed by atoms with E-state index in [1.807, 2.05) is 31.3 Å². The molecule has 0 bridgehead atoms. The van der Waals surface area contributed by atoms with E-state index in [2.05, 4.69) is 18.3 Å². The minimum absolute atomic E-state index is 0.143. The van der Waals surface area contributed by atoms with E-state index in [0.29, 0.717) is 0 Å². The van der Waals surface area contributed by atoms with Gasteiger partial charge in [0, 0.05) is 6.42 Å². The molecule has 0 aliphatic heterocycles. The molecule has 0 saturated heterocycles. The molecule has 17 heavy (non-hydrogen) atoms. The third-order valence-electron chi connectivity index (χ3n) is 3.49. The number of nitriles is 1. The average Bonchev–Trinajstić information content (AvgIpc) is 2.76. The highest BCUT2D eigenvalue weighted by atomic mass is 16.5. The summed E-state index contributed by atoms with van der Waals surface area (Å²) >= 11 is 0. The molecule has 2 unspecified atom stereocenters. The number of hydrogen-bond acceptors (Lipinski definition) is 3. The highest BCUT2D eigenvalue weighted by Crippen LogP contribution is 2.32. The third-order valence-corrected chi connectivity index (χ3v) is 3.49. The van der Waals surface area contributed by atoms with Crippen LogP contribution in [0.4, 0.5) is 0 Å². The number of hydrogen-bond donors (Lipinski definition) is 1. The molecular formula is C14H18N2O. The number of ether oxygens (including phenoxy) is 1. The second-order valence-electron chi connectivity index (χ2n) is 4.74. The maximum Gasteiger partial charge on any atom is 0.119 e. The van der Waals surface area contributed by atoms with Crippen LogP contribution in [0.1, 0.15) is 24.8 Å². The Morgan fingerprint density at radius 2 is 2.12 bits per heavy atom. The van der Waals surface area contributed by atoms with Crippen molar-refractivity contribution in [1.29, 1.82) is 5.26 Å². The monoisotopic (exact) mass is 230 g/mol. The van der Waals surface area contributed by atoms with Crippen molar-refractivity contribution in [3.63, 3.8) is 0 Å². The van der Waals surface area contributed by atoms with E-state index in [9.17, 15) is 0 Å². The molecule has 3 heteroatoms. The molecule has 1 N–H and O–H groups in total. The van der Waals surface area contributed by atoms with Crippen molar-refractivity contribution in [2.45, 2.75) is 37.8 Å². The summed E-state index contributed by atoms with van der Waals surface area (Å²) in [5, 5.41) is 12.3. The van der Waals surface area contributed by atoms with Crippen LogP contribution in [-0.2, 0) is 0 Å². The van der Waals surface area contributed by atoms with E-state index in [1.165, 1.54) is 5.56 Å². The minimum atomic E-state index is -0.393. The predicted molar refractivity (Wildman–Crippen MR) is 66.8 cm³/mol. The minimum Gasteiger partial charge on any atom is -0.490 e. The molecule has 2 atom stereocenters. The fourth-order valence-corrected chi connectivity index (χ4v) is 2.29. The largest absolute Gasteiger partial charge is 0.490 e. The van der Waals surface area contributed by atoms with E-state index in [0.717, 1.165) is 25.0 Å². The molecule has 1 aliphatic rings. The number of rotatable bonds is 3. The number of aryl methyl sites for hydroxylation is 1. The van der Waals surface area contributed by atoms with E-state index < -0.39 is 5.54 Å². The standard InChI is InChI=1S/C14H18N2O/c1-11-3-5-12(6-4-11)17-13-7-8-14(9-13,10-15)16-2/h3-6,13,16H,7-9H2,1-2H3. The molecule has 1 aromatic carbocycles. The van der Waals surface area contributed by atoms with Crippen molar-refractivity contribution >= 4 is 0 Å². The molecule has 1 aromatic rings. The lowest BCUT2D eigenvalue weighted by atomic mass is 10.0. The molecule has 2 rings (SSSR count). The van der Waals surface area contributed by atoms with Gasteiger partial charge in [0.05, 0.1) is 6.07 Å². The van der Waals surface area contributed by atoms with Crippen LogP contribution in [0.15, 0.2) is 24.3 Å². The summed E-state index contributed by atoms with van der Waals surface area (Å²) in [4.78, 5) is 0. The Balaban J connectivity index is 1.98. The first kappa shape index (κ1) is 11.9. The van der Waals surface area contributed by atoms with Crippen molar-refractivity contribution in [3.8, 4) is 11.8 Å². The smallest absolute Gasteiger partial charge is 0.119 e. The highest BCUT2D eigenvalue weighted by Gasteiger charge is 2.39. The average molecular weight is 230 g/mol. The summed E-state index contributed by atoms with van der Waals surface area (Å²) in [5.74, 6) is 0.894. The van der Waals surface area contributed by atoms with Crippen LogP contribution >= 0.6 is 0 Å². The molecule has 3 nitrogen and oxygen atoms in total. The van der Waals surface area contributed by atoms with Gasteiger partial charge in [0.15, 0.2) is 0 Å². The van der Waals surface area contributed by atoms with Gasteiger partial charge < -0.3 is 10.1 Å². The van der Waals surface area contributed by atoms with Crippen LogP contribution in [0.3, 0.4) is 0 Å². The summed E-state index contributed by atoms with van der Waals surface area (Å²) < 4.78 is 5.90. The zero-order valence-electron chi connectivity index (χ0n) is 10.4. The Hall–Kier alpha value is -1.53. The topological polar surface area (TPSA) is 45.0 Å². The van der Waals surface area contributed by atoms with Crippen LogP contribution < -0.4 is 10.1 Å². The first-order valence-corrected chi connectivity index (χ1v) is 6.01. The van der Waals surface area contributed by atoms with Crippen LogP contribution in [0.2, 0.25) is 0 Å². The van der Waals surface area contributed by atoms with Crippen LogP contribution in [0.5, 0.6) is 5.75 Å². The Morgan fingerprint density at radius 1 is 1.41 bits per heavy atom. The van der Waals surface area contributed by atoms with Gasteiger partial charge in [-0.15, -0.1) is 0 Å². The molecule has 1 aliphatic carbocycles. The van der Waals surface area contributed by atoms with Gasteiger partial charge in [-0.25, -0.2) is 0 Å². The summed E-state index contributed by atoms with van der Waals surface area (Å²) in [7, 11) is 1.84. The molecule has 0 aromatic heterocycles. The predicted octanol–water partition coefficient (Wildman–Crippen LogP) is 2.41. The first-order chi connectivity index (χ1) is 8.17. The van der Waals surface area contributed by atoms with Crippen LogP contribution in [0.25, 0.3) is 0 Å². The number of nitrogens with one attached hydrogen (secondary N) is 1. The molecule has 0 radical (unpaired) electrons. The lowest BCUT2D eigenvalue weighted by molar-refractivity contribution is 0.202. The van der Waals surface area contributed by atoms with Gasteiger partial charge in [0.1, 0.15) is 17.4 Å². The van der Waals surface area contributed by atoms with Crippen molar-refractivity contribution < 1.29 is 4.74 Å². The SMILES string of the molecule is CNC1(C#N)CCC(Oc2ccc(C)cc2)C1. The van der Waals surface area contributed by atoms with Crippen LogP contribution in [-0.4, -0.2) is 18.7 Å². The molecule has 1 fully saturated rings. The van der Waals surface area contributed by atoms with Gasteiger partial charge in [0.25, 0.3) is 0 Å². The van der Waals surface area contributed by atoms with Gasteiger partial charge in [-0.1, -0.05) is 17.7 Å². The summed E-state index contributed by atoms with van der Waals surface area (Å²) in [5.41, 5.74) is 0.834. The van der Waals surface area contributed by atoms with E-state index in [-0.39, 0.29) is 6.10 Å². The summed E-state index contributed by atoms with van der Waals surface area (Å²) in [6.45, 7) is 2.06. The van der Waals surface area contributed by atoms with Gasteiger partial charge in [0.2, 0.25) is 0 Å². The quantitative estimate of drug-likeness (QED) is 0.867. The third kappa shape index (κ3) is 2.59. The van der Waals surface area contributed by atoms with E-state index in [4.69, 9.17) is 10.00 Å². The Kier molecular flexibility index (Phi) is 3.35. The molecule has 0 amide bonds. The summed E-state index contributed by atoms with van der Waals surface area (Å²) in [6.07, 6.45) is 2.69. The van der Waals surface area contributed by atoms with E-state index >= 15 is 0 Å². The van der Waals surface area contributed by atoms with Crippen molar-refractivity contribution in [2.75, 3.05) is 7.05 Å². The summed E-state index contributed by atoms with van der Waals surface area (Å²) in [6, 6.07) is 10.4. The first-order valence-electron chi connectivity index (χ1n) is 6.01. The fourth-order valence-electron chi connectivity index (χ4n) is 2.29. The second kappa shape index (κ2) is 4.77. The fraction of sp³-hybridized carbons (Fsp3) is 0.500. The Morgan fingerprint density at radius 3 is 2.65 bits per heavy atom. The molecule has 90 valence electrons. The van der Waals surface area contributed by atoms with E-state index in [1.54, 1.807) is 0 Å². The lowest BCUT2D eigenvalue weighted by Gasteiger charge is -2.20. The zero-order chi connectivity index (χ0) is 12.3. The highest BCUT2D eigenvalue weighted by molar-refractivity contribution is 5.27. The maximum atomic E-state index is 9.17. The van der Waals surface area contributed by atoms with Crippen molar-refractivity contribution in [3.05, 3.63) is 29.8 Å². The normalized spacial score (nSPS) is 27.7. The maximum absolute atomic E-state index is 9.17. The number of nitrogens with zero attached hydrogens (tertiary/aromatic N) is 1. The van der Waals surface area contributed by atoms with Crippen molar-refractivity contribution in [1.82, 2.24) is 5.32 Å². The lowest BCUT2D eigenvalue weighted by Crippen LogP contribution is -2.39. The molecule has 1 saturated carbocycles. The molecule has 0 spiro atoms. The van der Waals surface area contributed by atoms with Gasteiger partial charge in [-0.05, 0) is 38.9 Å². The Bertz CT molecular complexity index is 421. The molecule has 0 heterocycles. The van der Waals surface area contributed by atoms with Gasteiger partial charge in [-0.3, -0.25) is 0 Å². The second-order valence-corrected chi connectivity index (χ2v) is 4.74. The number of benzene rings is 1.